The van der Waals surface area contributed by atoms with E-state index in [4.69, 9.17) is 14.2 Å². The molecule has 2 heterocycles. The molecule has 0 spiro atoms. The molecule has 0 radical (unpaired) electrons. The Bertz CT molecular complexity index is 725. The van der Waals surface area contributed by atoms with Gasteiger partial charge in [0, 0.05) is 25.3 Å². The molecule has 0 amide bonds. The van der Waals surface area contributed by atoms with Gasteiger partial charge in [-0.1, -0.05) is 12.1 Å². The van der Waals surface area contributed by atoms with Crippen LogP contribution >= 0.6 is 0 Å². The quantitative estimate of drug-likeness (QED) is 0.884. The van der Waals surface area contributed by atoms with Gasteiger partial charge in [0.15, 0.2) is 11.5 Å². The fraction of sp³-hybridized carbons (Fsp3) is 0.368. The zero-order valence-electron chi connectivity index (χ0n) is 13.5. The maximum atomic E-state index is 10.1. The molecule has 0 aliphatic carbocycles. The van der Waals surface area contributed by atoms with Crippen LogP contribution in [0.2, 0.25) is 0 Å². The van der Waals surface area contributed by atoms with Gasteiger partial charge in [0.2, 0.25) is 6.79 Å². The highest BCUT2D eigenvalue weighted by atomic mass is 16.7. The first-order chi connectivity index (χ1) is 11.8. The molecule has 5 heteroatoms. The van der Waals surface area contributed by atoms with Crippen LogP contribution in [0.15, 0.2) is 36.4 Å². The lowest BCUT2D eigenvalue weighted by atomic mass is 10.0. The summed E-state index contributed by atoms with van der Waals surface area (Å²) in [5, 5.41) is 13.5. The van der Waals surface area contributed by atoms with Gasteiger partial charge in [-0.05, 0) is 48.2 Å². The van der Waals surface area contributed by atoms with Crippen LogP contribution in [0.25, 0.3) is 11.1 Å². The van der Waals surface area contributed by atoms with Gasteiger partial charge in [-0.2, -0.15) is 0 Å². The van der Waals surface area contributed by atoms with Crippen LogP contribution in [-0.4, -0.2) is 31.2 Å². The second-order valence-corrected chi connectivity index (χ2v) is 6.18. The lowest BCUT2D eigenvalue weighted by Crippen LogP contribution is -2.25. The van der Waals surface area contributed by atoms with Crippen LogP contribution in [0.1, 0.15) is 18.4 Å². The molecule has 1 saturated heterocycles. The number of phenolic OH excluding ortho intramolecular Hbond substituents is 1. The monoisotopic (exact) mass is 327 g/mol. The molecule has 2 aromatic carbocycles. The molecule has 1 unspecified atom stereocenters. The Hall–Kier alpha value is -2.24. The van der Waals surface area contributed by atoms with E-state index in [9.17, 15) is 5.11 Å². The zero-order valence-corrected chi connectivity index (χ0v) is 13.5. The number of hydrogen-bond donors (Lipinski definition) is 2. The van der Waals surface area contributed by atoms with Crippen molar-refractivity contribution >= 4 is 0 Å². The Labute approximate surface area is 141 Å². The Morgan fingerprint density at radius 2 is 1.88 bits per heavy atom. The average molecular weight is 327 g/mol. The topological polar surface area (TPSA) is 60.0 Å². The molecule has 0 aromatic heterocycles. The van der Waals surface area contributed by atoms with Gasteiger partial charge in [0.1, 0.15) is 5.75 Å². The molecule has 126 valence electrons. The third kappa shape index (κ3) is 3.18. The van der Waals surface area contributed by atoms with Crippen molar-refractivity contribution in [3.05, 3.63) is 42.0 Å². The van der Waals surface area contributed by atoms with Crippen LogP contribution in [0.5, 0.6) is 17.2 Å². The molecule has 2 aromatic rings. The fourth-order valence-electron chi connectivity index (χ4n) is 3.16. The Balaban J connectivity index is 1.48. The van der Waals surface area contributed by atoms with E-state index >= 15 is 0 Å². The normalized spacial score (nSPS) is 18.9. The van der Waals surface area contributed by atoms with E-state index in [1.807, 2.05) is 30.3 Å². The Morgan fingerprint density at radius 3 is 2.75 bits per heavy atom. The van der Waals surface area contributed by atoms with Gasteiger partial charge < -0.3 is 24.6 Å². The van der Waals surface area contributed by atoms with E-state index < -0.39 is 0 Å². The maximum Gasteiger partial charge on any atom is 0.231 e. The molecule has 2 aliphatic heterocycles. The molecule has 1 atom stereocenters. The number of aromatic hydroxyl groups is 1. The standard InChI is InChI=1S/C19H21NO4/c21-17-5-3-13(14-4-6-18-19(9-14)24-12-23-18)8-15(17)10-20-11-16-2-1-7-22-16/h3-6,8-9,16,20-21H,1-2,7,10-12H2. The Kier molecular flexibility index (Phi) is 4.28. The molecule has 2 N–H and O–H groups in total. The molecular weight excluding hydrogens is 306 g/mol. The van der Waals surface area contributed by atoms with Crippen molar-refractivity contribution in [2.45, 2.75) is 25.5 Å². The summed E-state index contributed by atoms with van der Waals surface area (Å²) in [6.45, 7) is 2.56. The number of nitrogens with one attached hydrogen (secondary N) is 1. The van der Waals surface area contributed by atoms with Gasteiger partial charge in [0.25, 0.3) is 0 Å². The van der Waals surface area contributed by atoms with Crippen molar-refractivity contribution in [1.29, 1.82) is 0 Å². The summed E-state index contributed by atoms with van der Waals surface area (Å²) in [6.07, 6.45) is 2.54. The second-order valence-electron chi connectivity index (χ2n) is 6.18. The molecule has 4 rings (SSSR count). The first kappa shape index (κ1) is 15.3. The third-order valence-electron chi connectivity index (χ3n) is 4.50. The number of fused-ring (bicyclic) bond motifs is 1. The van der Waals surface area contributed by atoms with Crippen LogP contribution in [0.4, 0.5) is 0 Å². The minimum Gasteiger partial charge on any atom is -0.508 e. The largest absolute Gasteiger partial charge is 0.508 e. The summed E-state index contributed by atoms with van der Waals surface area (Å²) in [7, 11) is 0. The summed E-state index contributed by atoms with van der Waals surface area (Å²) < 4.78 is 16.4. The van der Waals surface area contributed by atoms with Gasteiger partial charge in [-0.15, -0.1) is 0 Å². The highest BCUT2D eigenvalue weighted by Crippen LogP contribution is 2.36. The average Bonchev–Trinajstić information content (AvgIpc) is 3.27. The molecule has 24 heavy (non-hydrogen) atoms. The molecule has 2 aliphatic rings. The van der Waals surface area contributed by atoms with E-state index in [0.29, 0.717) is 18.4 Å². The van der Waals surface area contributed by atoms with Crippen molar-refractivity contribution in [3.63, 3.8) is 0 Å². The van der Waals surface area contributed by atoms with Gasteiger partial charge in [0.05, 0.1) is 6.10 Å². The maximum absolute atomic E-state index is 10.1. The number of phenols is 1. The number of hydrogen-bond acceptors (Lipinski definition) is 5. The van der Waals surface area contributed by atoms with E-state index in [1.165, 1.54) is 0 Å². The number of ether oxygens (including phenoxy) is 3. The predicted octanol–water partition coefficient (Wildman–Crippen LogP) is 3.06. The van der Waals surface area contributed by atoms with Crippen LogP contribution in [-0.2, 0) is 11.3 Å². The van der Waals surface area contributed by atoms with Crippen LogP contribution in [0.3, 0.4) is 0 Å². The molecule has 0 saturated carbocycles. The van der Waals surface area contributed by atoms with E-state index in [2.05, 4.69) is 5.32 Å². The van der Waals surface area contributed by atoms with Crippen molar-refractivity contribution in [2.75, 3.05) is 19.9 Å². The van der Waals surface area contributed by atoms with Gasteiger partial charge in [-0.25, -0.2) is 0 Å². The minimum atomic E-state index is 0.271. The Morgan fingerprint density at radius 1 is 1.04 bits per heavy atom. The molecular formula is C19H21NO4. The second kappa shape index (κ2) is 6.71. The summed E-state index contributed by atoms with van der Waals surface area (Å²) in [5.41, 5.74) is 2.96. The first-order valence-corrected chi connectivity index (χ1v) is 8.34. The number of benzene rings is 2. The fourth-order valence-corrected chi connectivity index (χ4v) is 3.16. The van der Waals surface area contributed by atoms with Crippen LogP contribution < -0.4 is 14.8 Å². The predicted molar refractivity (Wildman–Crippen MR) is 90.3 cm³/mol. The van der Waals surface area contributed by atoms with E-state index in [0.717, 1.165) is 54.2 Å². The van der Waals surface area contributed by atoms with Gasteiger partial charge >= 0.3 is 0 Å². The zero-order chi connectivity index (χ0) is 16.4. The summed E-state index contributed by atoms with van der Waals surface area (Å²) >= 11 is 0. The molecule has 1 fully saturated rings. The van der Waals surface area contributed by atoms with Crippen molar-refractivity contribution < 1.29 is 19.3 Å². The molecule has 0 bridgehead atoms. The molecule has 5 nitrogen and oxygen atoms in total. The first-order valence-electron chi connectivity index (χ1n) is 8.34. The highest BCUT2D eigenvalue weighted by Gasteiger charge is 2.16. The van der Waals surface area contributed by atoms with Crippen LogP contribution in [0, 0.1) is 0 Å². The van der Waals surface area contributed by atoms with Crippen molar-refractivity contribution in [3.8, 4) is 28.4 Å². The number of rotatable bonds is 5. The lowest BCUT2D eigenvalue weighted by molar-refractivity contribution is 0.110. The highest BCUT2D eigenvalue weighted by molar-refractivity contribution is 5.69. The SMILES string of the molecule is Oc1ccc(-c2ccc3c(c2)OCO3)cc1CNCC1CCCO1. The third-order valence-corrected chi connectivity index (χ3v) is 4.50. The summed E-state index contributed by atoms with van der Waals surface area (Å²) in [6, 6.07) is 11.6. The van der Waals surface area contributed by atoms with Gasteiger partial charge in [-0.3, -0.25) is 0 Å². The van der Waals surface area contributed by atoms with Crippen molar-refractivity contribution in [2.24, 2.45) is 0 Å². The van der Waals surface area contributed by atoms with E-state index in [1.54, 1.807) is 6.07 Å². The summed E-state index contributed by atoms with van der Waals surface area (Å²) in [4.78, 5) is 0. The minimum absolute atomic E-state index is 0.271. The lowest BCUT2D eigenvalue weighted by Gasteiger charge is -2.13. The smallest absolute Gasteiger partial charge is 0.231 e. The summed E-state index contributed by atoms with van der Waals surface area (Å²) in [5.74, 6) is 1.84. The van der Waals surface area contributed by atoms with Crippen molar-refractivity contribution in [1.82, 2.24) is 5.32 Å². The van der Waals surface area contributed by atoms with E-state index in [-0.39, 0.29) is 6.79 Å².